The van der Waals surface area contributed by atoms with Gasteiger partial charge in [0.1, 0.15) is 10.8 Å². The summed E-state index contributed by atoms with van der Waals surface area (Å²) in [6.07, 6.45) is 1.47. The van der Waals surface area contributed by atoms with Gasteiger partial charge in [0.25, 0.3) is 5.69 Å². The van der Waals surface area contributed by atoms with Crippen molar-refractivity contribution in [1.29, 1.82) is 0 Å². The van der Waals surface area contributed by atoms with Gasteiger partial charge < -0.3 is 5.11 Å². The number of phenols is 1. The molecule has 2 aromatic rings. The van der Waals surface area contributed by atoms with Gasteiger partial charge in [-0.1, -0.05) is 23.7 Å². The van der Waals surface area contributed by atoms with Crippen LogP contribution in [0.2, 0.25) is 5.02 Å². The molecule has 1 N–H and O–H groups in total. The molecule has 0 atom stereocenters. The Balaban J connectivity index is 2.29. The fourth-order valence-electron chi connectivity index (χ4n) is 1.47. The van der Waals surface area contributed by atoms with Crippen molar-refractivity contribution in [2.45, 2.75) is 0 Å². The number of hydrogen-bond donors (Lipinski definition) is 1. The number of nitro groups is 1. The molecule has 0 unspecified atom stereocenters. The minimum Gasteiger partial charge on any atom is -0.508 e. The van der Waals surface area contributed by atoms with E-state index in [0.29, 0.717) is 11.3 Å². The van der Waals surface area contributed by atoms with Crippen LogP contribution in [0, 0.1) is 10.1 Å². The van der Waals surface area contributed by atoms with Crippen molar-refractivity contribution in [3.05, 3.63) is 63.2 Å². The lowest BCUT2D eigenvalue weighted by Crippen LogP contribution is -1.91. The van der Waals surface area contributed by atoms with Crippen LogP contribution < -0.4 is 0 Å². The molecule has 2 rings (SSSR count). The van der Waals surface area contributed by atoms with Crippen LogP contribution in [-0.4, -0.2) is 16.2 Å². The zero-order valence-corrected chi connectivity index (χ0v) is 10.4. The highest BCUT2D eigenvalue weighted by Gasteiger charge is 2.11. The SMILES string of the molecule is O=[N+]([O-])c1cc(C=Nc2cccc(O)c2)ccc1Cl. The van der Waals surface area contributed by atoms with E-state index in [1.165, 1.54) is 30.5 Å². The molecule has 0 fully saturated rings. The minimum absolute atomic E-state index is 0.0829. The molecule has 5 nitrogen and oxygen atoms in total. The molecule has 0 amide bonds. The van der Waals surface area contributed by atoms with E-state index in [1.54, 1.807) is 18.2 Å². The highest BCUT2D eigenvalue weighted by molar-refractivity contribution is 6.32. The van der Waals surface area contributed by atoms with Gasteiger partial charge in [0.05, 0.1) is 10.6 Å². The fraction of sp³-hybridized carbons (Fsp3) is 0. The second-order valence-corrected chi connectivity index (χ2v) is 4.15. The topological polar surface area (TPSA) is 75.7 Å². The van der Waals surface area contributed by atoms with E-state index in [-0.39, 0.29) is 16.5 Å². The molecular formula is C13H9ClN2O3. The van der Waals surface area contributed by atoms with Gasteiger partial charge >= 0.3 is 0 Å². The first-order chi connectivity index (χ1) is 9.06. The van der Waals surface area contributed by atoms with Crippen molar-refractivity contribution in [2.24, 2.45) is 4.99 Å². The van der Waals surface area contributed by atoms with E-state index < -0.39 is 4.92 Å². The molecule has 0 aliphatic heterocycles. The molecule has 2 aromatic carbocycles. The summed E-state index contributed by atoms with van der Waals surface area (Å²) in [5.41, 5.74) is 0.943. The Morgan fingerprint density at radius 2 is 2.05 bits per heavy atom. The molecule has 0 radical (unpaired) electrons. The van der Waals surface area contributed by atoms with E-state index >= 15 is 0 Å². The summed E-state index contributed by atoms with van der Waals surface area (Å²) < 4.78 is 0. The quantitative estimate of drug-likeness (QED) is 0.527. The molecule has 0 aliphatic rings. The summed E-state index contributed by atoms with van der Waals surface area (Å²) in [5, 5.41) is 20.1. The fourth-order valence-corrected chi connectivity index (χ4v) is 1.66. The summed E-state index contributed by atoms with van der Waals surface area (Å²) in [7, 11) is 0. The highest BCUT2D eigenvalue weighted by atomic mass is 35.5. The number of nitro benzene ring substituents is 1. The smallest absolute Gasteiger partial charge is 0.288 e. The lowest BCUT2D eigenvalue weighted by atomic mass is 10.2. The van der Waals surface area contributed by atoms with Gasteiger partial charge in [0, 0.05) is 18.3 Å². The predicted octanol–water partition coefficient (Wildman–Crippen LogP) is 3.70. The van der Waals surface area contributed by atoms with Gasteiger partial charge in [-0.25, -0.2) is 0 Å². The first-order valence-electron chi connectivity index (χ1n) is 5.33. The Hall–Kier alpha value is -2.40. The first kappa shape index (κ1) is 13.0. The Kier molecular flexibility index (Phi) is 3.77. The largest absolute Gasteiger partial charge is 0.508 e. The maximum atomic E-state index is 10.7. The van der Waals surface area contributed by atoms with Crippen LogP contribution in [0.3, 0.4) is 0 Å². The lowest BCUT2D eigenvalue weighted by Gasteiger charge is -1.98. The van der Waals surface area contributed by atoms with Crippen LogP contribution in [0.1, 0.15) is 5.56 Å². The molecule has 0 saturated carbocycles. The number of aromatic hydroxyl groups is 1. The summed E-state index contributed by atoms with van der Waals surface area (Å²) >= 11 is 5.71. The number of benzene rings is 2. The third kappa shape index (κ3) is 3.29. The first-order valence-corrected chi connectivity index (χ1v) is 5.71. The van der Waals surface area contributed by atoms with E-state index in [1.807, 2.05) is 0 Å². The van der Waals surface area contributed by atoms with E-state index in [9.17, 15) is 15.2 Å². The third-order valence-corrected chi connectivity index (χ3v) is 2.68. The molecule has 0 bridgehead atoms. The van der Waals surface area contributed by atoms with Crippen molar-refractivity contribution in [2.75, 3.05) is 0 Å². The Morgan fingerprint density at radius 3 is 2.74 bits per heavy atom. The molecular weight excluding hydrogens is 268 g/mol. The number of aliphatic imine (C=N–C) groups is 1. The summed E-state index contributed by atoms with van der Waals surface area (Å²) in [6, 6.07) is 10.8. The van der Waals surface area contributed by atoms with E-state index in [2.05, 4.69) is 4.99 Å². The Labute approximate surface area is 113 Å². The van der Waals surface area contributed by atoms with Crippen molar-refractivity contribution in [3.63, 3.8) is 0 Å². The lowest BCUT2D eigenvalue weighted by molar-refractivity contribution is -0.384. The Bertz CT molecular complexity index is 656. The Morgan fingerprint density at radius 1 is 1.26 bits per heavy atom. The van der Waals surface area contributed by atoms with Crippen molar-refractivity contribution in [1.82, 2.24) is 0 Å². The summed E-state index contributed by atoms with van der Waals surface area (Å²) in [6.45, 7) is 0. The van der Waals surface area contributed by atoms with Gasteiger partial charge in [-0.2, -0.15) is 0 Å². The maximum Gasteiger partial charge on any atom is 0.288 e. The second kappa shape index (κ2) is 5.49. The van der Waals surface area contributed by atoms with Crippen molar-refractivity contribution in [3.8, 4) is 5.75 Å². The van der Waals surface area contributed by atoms with E-state index in [0.717, 1.165) is 0 Å². The van der Waals surface area contributed by atoms with Crippen molar-refractivity contribution < 1.29 is 10.0 Å². The maximum absolute atomic E-state index is 10.7. The number of nitrogens with zero attached hydrogens (tertiary/aromatic N) is 2. The zero-order chi connectivity index (χ0) is 13.8. The van der Waals surface area contributed by atoms with Gasteiger partial charge in [-0.05, 0) is 23.8 Å². The zero-order valence-electron chi connectivity index (χ0n) is 9.65. The molecule has 0 aliphatic carbocycles. The summed E-state index contributed by atoms with van der Waals surface area (Å²) in [5.74, 6) is 0.108. The van der Waals surface area contributed by atoms with Crippen LogP contribution in [0.15, 0.2) is 47.5 Å². The van der Waals surface area contributed by atoms with E-state index in [4.69, 9.17) is 11.6 Å². The number of phenolic OH excluding ortho intramolecular Hbond substituents is 1. The van der Waals surface area contributed by atoms with Gasteiger partial charge in [-0.15, -0.1) is 0 Å². The standard InChI is InChI=1S/C13H9ClN2O3/c14-12-5-4-9(6-13(12)16(18)19)8-15-10-2-1-3-11(17)7-10/h1-8,17H. The molecule has 96 valence electrons. The van der Waals surface area contributed by atoms with Gasteiger partial charge in [0.15, 0.2) is 0 Å². The summed E-state index contributed by atoms with van der Waals surface area (Å²) in [4.78, 5) is 14.3. The van der Waals surface area contributed by atoms with Gasteiger partial charge in [0.2, 0.25) is 0 Å². The average molecular weight is 277 g/mol. The molecule has 0 aromatic heterocycles. The highest BCUT2D eigenvalue weighted by Crippen LogP contribution is 2.25. The molecule has 0 heterocycles. The van der Waals surface area contributed by atoms with Crippen molar-refractivity contribution >= 4 is 29.2 Å². The molecule has 0 spiro atoms. The minimum atomic E-state index is -0.548. The monoisotopic (exact) mass is 276 g/mol. The third-order valence-electron chi connectivity index (χ3n) is 2.36. The number of halogens is 1. The van der Waals surface area contributed by atoms with Gasteiger partial charge in [-0.3, -0.25) is 15.1 Å². The number of rotatable bonds is 3. The predicted molar refractivity (Wildman–Crippen MR) is 73.5 cm³/mol. The molecule has 19 heavy (non-hydrogen) atoms. The van der Waals surface area contributed by atoms with Crippen LogP contribution in [0.4, 0.5) is 11.4 Å². The number of hydrogen-bond acceptors (Lipinski definition) is 4. The normalized spacial score (nSPS) is 10.8. The average Bonchev–Trinajstić information content (AvgIpc) is 2.37. The van der Waals surface area contributed by atoms with Crippen LogP contribution in [0.5, 0.6) is 5.75 Å². The van der Waals surface area contributed by atoms with Crippen LogP contribution in [-0.2, 0) is 0 Å². The van der Waals surface area contributed by atoms with Crippen LogP contribution in [0.25, 0.3) is 0 Å². The second-order valence-electron chi connectivity index (χ2n) is 3.75. The van der Waals surface area contributed by atoms with Crippen LogP contribution >= 0.6 is 11.6 Å². The molecule has 6 heteroatoms. The molecule has 0 saturated heterocycles.